The van der Waals surface area contributed by atoms with Crippen LogP contribution in [0, 0.1) is 5.92 Å². The topological polar surface area (TPSA) is 75.6 Å². The van der Waals surface area contributed by atoms with E-state index in [1.165, 1.54) is 19.3 Å². The number of unbranched alkanes of at least 4 members (excludes halogenated alkanes) is 1. The third-order valence-electron chi connectivity index (χ3n) is 3.62. The van der Waals surface area contributed by atoms with Gasteiger partial charge in [-0.05, 0) is 12.3 Å². The Morgan fingerprint density at radius 2 is 1.90 bits per heavy atom. The molecule has 6 heteroatoms. The van der Waals surface area contributed by atoms with Crippen LogP contribution in [0.5, 0.6) is 0 Å². The van der Waals surface area contributed by atoms with Crippen molar-refractivity contribution in [3.8, 4) is 0 Å². The summed E-state index contributed by atoms with van der Waals surface area (Å²) in [5, 5.41) is 12.7. The third-order valence-corrected chi connectivity index (χ3v) is 5.32. The van der Waals surface area contributed by atoms with Crippen molar-refractivity contribution in [1.29, 1.82) is 0 Å². The van der Waals surface area contributed by atoms with Gasteiger partial charge in [0.1, 0.15) is 0 Å². The summed E-state index contributed by atoms with van der Waals surface area (Å²) >= 11 is 0. The summed E-state index contributed by atoms with van der Waals surface area (Å²) in [5.41, 5.74) is 0. The van der Waals surface area contributed by atoms with Gasteiger partial charge in [0, 0.05) is 25.4 Å². The minimum atomic E-state index is -2.93. The first-order chi connectivity index (χ1) is 9.95. The van der Waals surface area contributed by atoms with Crippen molar-refractivity contribution in [2.24, 2.45) is 5.92 Å². The molecule has 5 nitrogen and oxygen atoms in total. The molecule has 0 aliphatic rings. The van der Waals surface area contributed by atoms with Crippen LogP contribution in [0.3, 0.4) is 0 Å². The second kappa shape index (κ2) is 12.4. The van der Waals surface area contributed by atoms with Gasteiger partial charge in [-0.1, -0.05) is 40.0 Å². The van der Waals surface area contributed by atoms with Crippen molar-refractivity contribution >= 4 is 9.84 Å². The molecule has 0 aromatic heterocycles. The normalized spacial score (nSPS) is 15.0. The van der Waals surface area contributed by atoms with Crippen LogP contribution < -0.4 is 5.32 Å². The van der Waals surface area contributed by atoms with Crippen LogP contribution in [0.15, 0.2) is 0 Å². The van der Waals surface area contributed by atoms with Crippen LogP contribution in [-0.2, 0) is 14.6 Å². The molecule has 0 heterocycles. The average molecular weight is 323 g/mol. The number of ether oxygens (including phenoxy) is 1. The zero-order valence-electron chi connectivity index (χ0n) is 13.8. The third kappa shape index (κ3) is 12.1. The van der Waals surface area contributed by atoms with E-state index < -0.39 is 15.9 Å². The van der Waals surface area contributed by atoms with Gasteiger partial charge in [0.15, 0.2) is 9.84 Å². The fourth-order valence-corrected chi connectivity index (χ4v) is 2.71. The number of sulfone groups is 1. The average Bonchev–Trinajstić information content (AvgIpc) is 2.47. The van der Waals surface area contributed by atoms with Crippen molar-refractivity contribution in [2.45, 2.75) is 52.6 Å². The quantitative estimate of drug-likeness (QED) is 0.475. The van der Waals surface area contributed by atoms with Crippen LogP contribution in [0.25, 0.3) is 0 Å². The van der Waals surface area contributed by atoms with Crippen LogP contribution in [-0.4, -0.2) is 57.4 Å². The number of nitrogens with one attached hydrogen (secondary N) is 1. The second-order valence-electron chi connectivity index (χ2n) is 5.55. The lowest BCUT2D eigenvalue weighted by Crippen LogP contribution is -2.34. The zero-order valence-corrected chi connectivity index (χ0v) is 14.6. The molecule has 0 aliphatic carbocycles. The SMILES string of the molecule is CCCCC(CC)COCC(O)CNCCS(=O)(=O)CC. The van der Waals surface area contributed by atoms with E-state index in [4.69, 9.17) is 4.74 Å². The first-order valence-corrected chi connectivity index (χ1v) is 9.94. The summed E-state index contributed by atoms with van der Waals surface area (Å²) in [6, 6.07) is 0. The largest absolute Gasteiger partial charge is 0.389 e. The van der Waals surface area contributed by atoms with Crippen LogP contribution in [0.4, 0.5) is 0 Å². The van der Waals surface area contributed by atoms with E-state index in [1.54, 1.807) is 6.92 Å². The Morgan fingerprint density at radius 3 is 2.48 bits per heavy atom. The molecule has 2 atom stereocenters. The van der Waals surface area contributed by atoms with Crippen molar-refractivity contribution in [2.75, 3.05) is 37.8 Å². The Labute approximate surface area is 130 Å². The lowest BCUT2D eigenvalue weighted by molar-refractivity contribution is 0.0196. The van der Waals surface area contributed by atoms with E-state index in [2.05, 4.69) is 19.2 Å². The highest BCUT2D eigenvalue weighted by Gasteiger charge is 2.10. The number of aliphatic hydroxyl groups excluding tert-OH is 1. The van der Waals surface area contributed by atoms with Gasteiger partial charge in [0.2, 0.25) is 0 Å². The molecule has 128 valence electrons. The molecular formula is C15H33NO4S. The Hall–Kier alpha value is -0.170. The predicted molar refractivity (Wildman–Crippen MR) is 87.3 cm³/mol. The van der Waals surface area contributed by atoms with Gasteiger partial charge in [-0.3, -0.25) is 0 Å². The Kier molecular flexibility index (Phi) is 12.3. The van der Waals surface area contributed by atoms with E-state index in [9.17, 15) is 13.5 Å². The summed E-state index contributed by atoms with van der Waals surface area (Å²) in [6.45, 7) is 7.72. The van der Waals surface area contributed by atoms with Crippen LogP contribution >= 0.6 is 0 Å². The van der Waals surface area contributed by atoms with Gasteiger partial charge < -0.3 is 15.2 Å². The van der Waals surface area contributed by atoms with E-state index in [1.807, 2.05) is 0 Å². The molecule has 2 unspecified atom stereocenters. The van der Waals surface area contributed by atoms with E-state index in [0.717, 1.165) is 6.42 Å². The molecule has 21 heavy (non-hydrogen) atoms. The van der Waals surface area contributed by atoms with Crippen molar-refractivity contribution in [1.82, 2.24) is 5.32 Å². The van der Waals surface area contributed by atoms with Crippen molar-refractivity contribution < 1.29 is 18.3 Å². The first-order valence-electron chi connectivity index (χ1n) is 8.12. The van der Waals surface area contributed by atoms with E-state index in [0.29, 0.717) is 32.2 Å². The molecule has 0 amide bonds. The molecule has 0 fully saturated rings. The molecule has 0 radical (unpaired) electrons. The first kappa shape index (κ1) is 20.8. The number of hydrogen-bond acceptors (Lipinski definition) is 5. The molecule has 0 bridgehead atoms. The van der Waals surface area contributed by atoms with Crippen LogP contribution in [0.2, 0.25) is 0 Å². The molecule has 0 aromatic rings. The maximum Gasteiger partial charge on any atom is 0.151 e. The molecule has 2 N–H and O–H groups in total. The van der Waals surface area contributed by atoms with E-state index in [-0.39, 0.29) is 11.5 Å². The van der Waals surface area contributed by atoms with Gasteiger partial charge in [0.25, 0.3) is 0 Å². The van der Waals surface area contributed by atoms with E-state index >= 15 is 0 Å². The lowest BCUT2D eigenvalue weighted by Gasteiger charge is -2.17. The number of aliphatic hydroxyl groups is 1. The summed E-state index contributed by atoms with van der Waals surface area (Å²) in [5.74, 6) is 0.850. The molecule has 0 saturated heterocycles. The number of rotatable bonds is 14. The zero-order chi connectivity index (χ0) is 16.1. The monoisotopic (exact) mass is 323 g/mol. The maximum absolute atomic E-state index is 11.3. The highest BCUT2D eigenvalue weighted by Crippen LogP contribution is 2.12. The van der Waals surface area contributed by atoms with Gasteiger partial charge >= 0.3 is 0 Å². The van der Waals surface area contributed by atoms with Crippen molar-refractivity contribution in [3.63, 3.8) is 0 Å². The fraction of sp³-hybridized carbons (Fsp3) is 1.00. The van der Waals surface area contributed by atoms with Gasteiger partial charge in [-0.2, -0.15) is 0 Å². The van der Waals surface area contributed by atoms with Gasteiger partial charge in [-0.25, -0.2) is 8.42 Å². The molecule has 0 aromatic carbocycles. The minimum absolute atomic E-state index is 0.117. The Morgan fingerprint density at radius 1 is 1.19 bits per heavy atom. The maximum atomic E-state index is 11.3. The Bertz CT molecular complexity index is 333. The van der Waals surface area contributed by atoms with Gasteiger partial charge in [-0.15, -0.1) is 0 Å². The summed E-state index contributed by atoms with van der Waals surface area (Å²) in [4.78, 5) is 0. The molecular weight excluding hydrogens is 290 g/mol. The summed E-state index contributed by atoms with van der Waals surface area (Å²) in [6.07, 6.45) is 4.11. The van der Waals surface area contributed by atoms with Crippen molar-refractivity contribution in [3.05, 3.63) is 0 Å². The highest BCUT2D eigenvalue weighted by atomic mass is 32.2. The van der Waals surface area contributed by atoms with Gasteiger partial charge in [0.05, 0.1) is 18.5 Å². The predicted octanol–water partition coefficient (Wildman–Crippen LogP) is 1.60. The fourth-order valence-electron chi connectivity index (χ4n) is 1.97. The Balaban J connectivity index is 3.64. The molecule has 0 aliphatic heterocycles. The summed E-state index contributed by atoms with van der Waals surface area (Å²) in [7, 11) is -2.93. The molecule has 0 rings (SSSR count). The highest BCUT2D eigenvalue weighted by molar-refractivity contribution is 7.91. The summed E-state index contributed by atoms with van der Waals surface area (Å²) < 4.78 is 28.1. The smallest absolute Gasteiger partial charge is 0.151 e. The standard InChI is InChI=1S/C15H33NO4S/c1-4-7-8-14(5-2)12-20-13-15(17)11-16-9-10-21(18,19)6-3/h14-17H,4-13H2,1-3H3. The molecule has 0 spiro atoms. The number of hydrogen-bond donors (Lipinski definition) is 2. The van der Waals surface area contributed by atoms with Crippen LogP contribution in [0.1, 0.15) is 46.5 Å². The minimum Gasteiger partial charge on any atom is -0.389 e. The second-order valence-corrected chi connectivity index (χ2v) is 8.02. The lowest BCUT2D eigenvalue weighted by atomic mass is 10.0. The molecule has 0 saturated carbocycles.